The molecule has 0 saturated carbocycles. The topological polar surface area (TPSA) is 0 Å². The maximum atomic E-state index is 2.40. The number of unbranched alkanes of at least 4 members (excludes halogenated alkanes) is 4. The van der Waals surface area contributed by atoms with Crippen LogP contribution in [0.2, 0.25) is 0 Å². The molecule has 0 heteroatoms. The Morgan fingerprint density at radius 1 is 1.08 bits per heavy atom. The van der Waals surface area contributed by atoms with Gasteiger partial charge in [-0.05, 0) is 25.7 Å². The van der Waals surface area contributed by atoms with Gasteiger partial charge < -0.3 is 0 Å². The highest BCUT2D eigenvalue weighted by molar-refractivity contribution is 5.21. The lowest BCUT2D eigenvalue weighted by molar-refractivity contribution is 0.632. The Labute approximate surface area is 82.7 Å². The van der Waals surface area contributed by atoms with Gasteiger partial charge in [0.25, 0.3) is 0 Å². The summed E-state index contributed by atoms with van der Waals surface area (Å²) >= 11 is 0. The van der Waals surface area contributed by atoms with Crippen LogP contribution in [0.3, 0.4) is 0 Å². The van der Waals surface area contributed by atoms with E-state index in [4.69, 9.17) is 0 Å². The highest BCUT2D eigenvalue weighted by Crippen LogP contribution is 2.16. The van der Waals surface area contributed by atoms with E-state index in [1.165, 1.54) is 51.4 Å². The molecule has 1 aliphatic carbocycles. The molecule has 0 aromatic carbocycles. The van der Waals surface area contributed by atoms with Gasteiger partial charge in [0, 0.05) is 0 Å². The number of hydrogen-bond acceptors (Lipinski definition) is 0. The van der Waals surface area contributed by atoms with Gasteiger partial charge >= 0.3 is 0 Å². The maximum absolute atomic E-state index is 2.40. The summed E-state index contributed by atoms with van der Waals surface area (Å²) in [5.74, 6) is 0. The fraction of sp³-hybridized carbons (Fsp3) is 0.692. The van der Waals surface area contributed by atoms with Crippen molar-refractivity contribution in [3.05, 3.63) is 23.8 Å². The van der Waals surface area contributed by atoms with E-state index in [0.717, 1.165) is 0 Å². The van der Waals surface area contributed by atoms with Crippen molar-refractivity contribution in [2.24, 2.45) is 0 Å². The summed E-state index contributed by atoms with van der Waals surface area (Å²) < 4.78 is 0. The molecule has 0 unspecified atom stereocenters. The van der Waals surface area contributed by atoms with E-state index >= 15 is 0 Å². The molecule has 1 aliphatic rings. The molecule has 0 saturated heterocycles. The molecule has 0 heterocycles. The lowest BCUT2D eigenvalue weighted by Gasteiger charge is -2.06. The minimum absolute atomic E-state index is 1.25. The molecule has 0 radical (unpaired) electrons. The summed E-state index contributed by atoms with van der Waals surface area (Å²) in [6, 6.07) is 0. The van der Waals surface area contributed by atoms with Crippen LogP contribution in [0.4, 0.5) is 0 Å². The van der Waals surface area contributed by atoms with Gasteiger partial charge in [-0.2, -0.15) is 0 Å². The molecule has 0 aromatic heterocycles. The Bertz CT molecular complexity index is 174. The van der Waals surface area contributed by atoms with Crippen molar-refractivity contribution in [2.45, 2.75) is 58.3 Å². The Kier molecular flexibility index (Phi) is 5.64. The molecular weight excluding hydrogens is 156 g/mol. The average molecular weight is 178 g/mol. The van der Waals surface area contributed by atoms with E-state index in [-0.39, 0.29) is 0 Å². The second-order valence-corrected chi connectivity index (χ2v) is 3.92. The van der Waals surface area contributed by atoms with Gasteiger partial charge in [0.15, 0.2) is 0 Å². The molecule has 13 heavy (non-hydrogen) atoms. The second kappa shape index (κ2) is 6.94. The minimum atomic E-state index is 1.25. The Morgan fingerprint density at radius 2 is 1.92 bits per heavy atom. The van der Waals surface area contributed by atoms with Crippen LogP contribution < -0.4 is 0 Å². The third-order valence-electron chi connectivity index (χ3n) is 2.64. The molecule has 0 bridgehead atoms. The highest BCUT2D eigenvalue weighted by Gasteiger charge is 1.96. The molecule has 0 aliphatic heterocycles. The first-order valence-electron chi connectivity index (χ1n) is 5.79. The molecule has 0 spiro atoms. The molecule has 0 atom stereocenters. The normalized spacial score (nSPS) is 15.9. The van der Waals surface area contributed by atoms with Crippen molar-refractivity contribution in [1.82, 2.24) is 0 Å². The SMILES string of the molecule is CCCCCCCC1=CCCC=C1. The molecule has 0 aromatic rings. The van der Waals surface area contributed by atoms with Crippen LogP contribution >= 0.6 is 0 Å². The van der Waals surface area contributed by atoms with E-state index in [9.17, 15) is 0 Å². The zero-order valence-corrected chi connectivity index (χ0v) is 8.89. The van der Waals surface area contributed by atoms with Gasteiger partial charge in [-0.1, -0.05) is 56.4 Å². The average Bonchev–Trinajstić information content (AvgIpc) is 2.19. The fourth-order valence-corrected chi connectivity index (χ4v) is 1.79. The molecule has 74 valence electrons. The molecule has 0 N–H and O–H groups in total. The van der Waals surface area contributed by atoms with Gasteiger partial charge in [0.05, 0.1) is 0 Å². The lowest BCUT2D eigenvalue weighted by Crippen LogP contribution is -1.86. The van der Waals surface area contributed by atoms with E-state index in [0.29, 0.717) is 0 Å². The summed E-state index contributed by atoms with van der Waals surface area (Å²) in [5.41, 5.74) is 1.57. The molecule has 1 rings (SSSR count). The van der Waals surface area contributed by atoms with Crippen LogP contribution in [0.15, 0.2) is 23.8 Å². The van der Waals surface area contributed by atoms with E-state index in [2.05, 4.69) is 25.2 Å². The van der Waals surface area contributed by atoms with Crippen molar-refractivity contribution >= 4 is 0 Å². The van der Waals surface area contributed by atoms with E-state index in [1.54, 1.807) is 5.57 Å². The Hall–Kier alpha value is -0.520. The fourth-order valence-electron chi connectivity index (χ4n) is 1.79. The molecule has 0 amide bonds. The summed E-state index contributed by atoms with van der Waals surface area (Å²) in [4.78, 5) is 0. The quantitative estimate of drug-likeness (QED) is 0.520. The summed E-state index contributed by atoms with van der Waals surface area (Å²) in [5, 5.41) is 0. The number of allylic oxidation sites excluding steroid dienone is 4. The van der Waals surface area contributed by atoms with Gasteiger partial charge in [-0.25, -0.2) is 0 Å². The highest BCUT2D eigenvalue weighted by atomic mass is 14.0. The van der Waals surface area contributed by atoms with Crippen LogP contribution in [0.25, 0.3) is 0 Å². The molecular formula is C13H22. The molecule has 0 nitrogen and oxygen atoms in total. The van der Waals surface area contributed by atoms with E-state index in [1.807, 2.05) is 0 Å². The third kappa shape index (κ3) is 4.92. The zero-order valence-electron chi connectivity index (χ0n) is 8.89. The Morgan fingerprint density at radius 3 is 2.62 bits per heavy atom. The largest absolute Gasteiger partial charge is 0.0840 e. The summed E-state index contributed by atoms with van der Waals surface area (Å²) in [6.45, 7) is 2.27. The standard InChI is InChI=1S/C13H22/c1-2-3-4-5-7-10-13-11-8-6-9-12-13/h8,11-12H,2-7,9-10H2,1H3. The van der Waals surface area contributed by atoms with Gasteiger partial charge in [0.1, 0.15) is 0 Å². The first kappa shape index (κ1) is 10.6. The molecule has 0 fully saturated rings. The van der Waals surface area contributed by atoms with Crippen molar-refractivity contribution in [3.8, 4) is 0 Å². The van der Waals surface area contributed by atoms with Crippen molar-refractivity contribution < 1.29 is 0 Å². The van der Waals surface area contributed by atoms with Crippen molar-refractivity contribution in [2.75, 3.05) is 0 Å². The van der Waals surface area contributed by atoms with Gasteiger partial charge in [-0.3, -0.25) is 0 Å². The van der Waals surface area contributed by atoms with Crippen LogP contribution in [0.1, 0.15) is 58.3 Å². The predicted molar refractivity (Wildman–Crippen MR) is 59.8 cm³/mol. The zero-order chi connectivity index (χ0) is 9.36. The lowest BCUT2D eigenvalue weighted by atomic mass is 10.0. The van der Waals surface area contributed by atoms with Crippen LogP contribution in [-0.4, -0.2) is 0 Å². The predicted octanol–water partition coefficient (Wildman–Crippen LogP) is 4.62. The number of hydrogen-bond donors (Lipinski definition) is 0. The summed E-state index contributed by atoms with van der Waals surface area (Å²) in [6.07, 6.45) is 17.8. The monoisotopic (exact) mass is 178 g/mol. The Balaban J connectivity index is 1.99. The van der Waals surface area contributed by atoms with Crippen LogP contribution in [-0.2, 0) is 0 Å². The van der Waals surface area contributed by atoms with Gasteiger partial charge in [-0.15, -0.1) is 0 Å². The second-order valence-electron chi connectivity index (χ2n) is 3.92. The van der Waals surface area contributed by atoms with E-state index < -0.39 is 0 Å². The van der Waals surface area contributed by atoms with Crippen molar-refractivity contribution in [1.29, 1.82) is 0 Å². The summed E-state index contributed by atoms with van der Waals surface area (Å²) in [7, 11) is 0. The van der Waals surface area contributed by atoms with Gasteiger partial charge in [0.2, 0.25) is 0 Å². The van der Waals surface area contributed by atoms with Crippen molar-refractivity contribution in [3.63, 3.8) is 0 Å². The van der Waals surface area contributed by atoms with Crippen LogP contribution in [0.5, 0.6) is 0 Å². The minimum Gasteiger partial charge on any atom is -0.0840 e. The first-order valence-corrected chi connectivity index (χ1v) is 5.79. The number of rotatable bonds is 6. The first-order chi connectivity index (χ1) is 6.43. The smallest absolute Gasteiger partial charge is 0.0282 e. The maximum Gasteiger partial charge on any atom is -0.0282 e. The third-order valence-corrected chi connectivity index (χ3v) is 2.64. The van der Waals surface area contributed by atoms with Crippen LogP contribution in [0, 0.1) is 0 Å².